The first-order valence-electron chi connectivity index (χ1n) is 10.3. The molecule has 0 fully saturated rings. The number of amides is 1. The van der Waals surface area contributed by atoms with E-state index in [0.717, 1.165) is 46.7 Å². The van der Waals surface area contributed by atoms with E-state index >= 15 is 0 Å². The number of hydrogen-bond donors (Lipinski definition) is 1. The van der Waals surface area contributed by atoms with E-state index in [1.165, 1.54) is 0 Å². The second kappa shape index (κ2) is 11.0. The fourth-order valence-electron chi connectivity index (χ4n) is 3.20. The predicted molar refractivity (Wildman–Crippen MR) is 122 cm³/mol. The van der Waals surface area contributed by atoms with Crippen molar-refractivity contribution >= 4 is 21.6 Å². The van der Waals surface area contributed by atoms with E-state index < -0.39 is 16.1 Å². The Hall–Kier alpha value is -2.54. The first-order chi connectivity index (χ1) is 14.2. The van der Waals surface area contributed by atoms with Crippen molar-refractivity contribution in [1.29, 1.82) is 0 Å². The first kappa shape index (κ1) is 23.7. The molecule has 6 nitrogen and oxygen atoms in total. The van der Waals surface area contributed by atoms with Crippen molar-refractivity contribution in [2.45, 2.75) is 46.1 Å². The number of para-hydroxylation sites is 1. The molecule has 164 valence electrons. The Balaban J connectivity index is 1.96. The Kier molecular flexibility index (Phi) is 8.72. The number of sulfonamides is 1. The number of nitrogens with zero attached hydrogens (tertiary/aromatic N) is 1. The number of aryl methyl sites for hydroxylation is 2. The van der Waals surface area contributed by atoms with Crippen molar-refractivity contribution in [2.24, 2.45) is 0 Å². The van der Waals surface area contributed by atoms with E-state index in [4.69, 9.17) is 4.74 Å². The van der Waals surface area contributed by atoms with Gasteiger partial charge in [0, 0.05) is 6.54 Å². The summed E-state index contributed by atoms with van der Waals surface area (Å²) in [5.41, 5.74) is 2.60. The van der Waals surface area contributed by atoms with Crippen LogP contribution in [0.4, 0.5) is 5.69 Å². The van der Waals surface area contributed by atoms with E-state index in [-0.39, 0.29) is 5.91 Å². The fraction of sp³-hybridized carbons (Fsp3) is 0.435. The lowest BCUT2D eigenvalue weighted by Gasteiger charge is -2.28. The lowest BCUT2D eigenvalue weighted by atomic mass is 10.1. The van der Waals surface area contributed by atoms with Gasteiger partial charge in [0.2, 0.25) is 15.9 Å². The van der Waals surface area contributed by atoms with E-state index in [1.54, 1.807) is 19.1 Å². The Bertz CT molecular complexity index is 926. The molecule has 30 heavy (non-hydrogen) atoms. The van der Waals surface area contributed by atoms with E-state index in [2.05, 4.69) is 12.2 Å². The van der Waals surface area contributed by atoms with Gasteiger partial charge in [-0.2, -0.15) is 0 Å². The Morgan fingerprint density at radius 3 is 2.43 bits per heavy atom. The maximum Gasteiger partial charge on any atom is 0.243 e. The highest BCUT2D eigenvalue weighted by Gasteiger charge is 2.28. The number of ether oxygens (including phenoxy) is 1. The zero-order valence-corrected chi connectivity index (χ0v) is 19.0. The molecule has 1 amide bonds. The van der Waals surface area contributed by atoms with Crippen LogP contribution in [-0.4, -0.2) is 39.8 Å². The quantitative estimate of drug-likeness (QED) is 0.550. The minimum Gasteiger partial charge on any atom is -0.493 e. The minimum absolute atomic E-state index is 0.323. The average molecular weight is 433 g/mol. The molecule has 2 aromatic rings. The Morgan fingerprint density at radius 1 is 1.13 bits per heavy atom. The monoisotopic (exact) mass is 432 g/mol. The van der Waals surface area contributed by atoms with Gasteiger partial charge in [0.15, 0.2) is 0 Å². The molecule has 0 aliphatic carbocycles. The topological polar surface area (TPSA) is 75.7 Å². The van der Waals surface area contributed by atoms with E-state index in [9.17, 15) is 13.2 Å². The molecule has 1 atom stereocenters. The highest BCUT2D eigenvalue weighted by Crippen LogP contribution is 2.22. The summed E-state index contributed by atoms with van der Waals surface area (Å²) in [5.74, 6) is 0.554. The summed E-state index contributed by atoms with van der Waals surface area (Å²) in [5, 5.41) is 2.86. The summed E-state index contributed by atoms with van der Waals surface area (Å²) >= 11 is 0. The van der Waals surface area contributed by atoms with Gasteiger partial charge in [0.1, 0.15) is 11.8 Å². The lowest BCUT2D eigenvalue weighted by molar-refractivity contribution is -0.121. The fourth-order valence-corrected chi connectivity index (χ4v) is 4.38. The second-order valence-electron chi connectivity index (χ2n) is 7.42. The van der Waals surface area contributed by atoms with Crippen LogP contribution < -0.4 is 14.4 Å². The molecule has 0 saturated carbocycles. The van der Waals surface area contributed by atoms with Crippen molar-refractivity contribution in [2.75, 3.05) is 23.7 Å². The molecular formula is C23H32N2O4S. The Morgan fingerprint density at radius 2 is 1.80 bits per heavy atom. The molecule has 0 aliphatic rings. The molecule has 0 bridgehead atoms. The third-order valence-electron chi connectivity index (χ3n) is 4.73. The number of rotatable bonds is 11. The minimum atomic E-state index is -3.61. The molecule has 2 rings (SSSR count). The predicted octanol–water partition coefficient (Wildman–Crippen LogP) is 3.69. The summed E-state index contributed by atoms with van der Waals surface area (Å²) < 4.78 is 31.6. The number of nitrogens with one attached hydrogen (secondary N) is 1. The second-order valence-corrected chi connectivity index (χ2v) is 9.28. The highest BCUT2D eigenvalue weighted by atomic mass is 32.2. The molecule has 2 aromatic carbocycles. The van der Waals surface area contributed by atoms with Crippen molar-refractivity contribution in [3.63, 3.8) is 0 Å². The molecule has 7 heteroatoms. The number of hydrogen-bond acceptors (Lipinski definition) is 4. The molecule has 1 N–H and O–H groups in total. The average Bonchev–Trinajstić information content (AvgIpc) is 2.70. The van der Waals surface area contributed by atoms with Crippen molar-refractivity contribution in [1.82, 2.24) is 5.32 Å². The van der Waals surface area contributed by atoms with Crippen LogP contribution in [0, 0.1) is 6.92 Å². The maximum atomic E-state index is 12.6. The summed E-state index contributed by atoms with van der Waals surface area (Å²) in [4.78, 5) is 12.6. The normalized spacial score (nSPS) is 12.3. The Labute approximate surface area is 180 Å². The molecule has 0 spiro atoms. The molecule has 0 aromatic heterocycles. The van der Waals surface area contributed by atoms with Crippen LogP contribution in [-0.2, 0) is 21.2 Å². The third kappa shape index (κ3) is 6.76. The number of carbonyl (C=O) groups is 1. The van der Waals surface area contributed by atoms with Crippen molar-refractivity contribution in [3.05, 3.63) is 59.7 Å². The summed E-state index contributed by atoms with van der Waals surface area (Å²) in [6.45, 7) is 6.72. The zero-order chi connectivity index (χ0) is 22.1. The number of benzene rings is 2. The largest absolute Gasteiger partial charge is 0.493 e. The summed E-state index contributed by atoms with van der Waals surface area (Å²) in [7, 11) is -3.61. The van der Waals surface area contributed by atoms with Gasteiger partial charge in [-0.05, 0) is 56.9 Å². The van der Waals surface area contributed by atoms with Gasteiger partial charge in [0.05, 0.1) is 18.6 Å². The smallest absolute Gasteiger partial charge is 0.243 e. The standard InChI is InChI=1S/C23H32N2O4S/c1-5-17-29-22-11-7-6-9-20(22)10-8-16-24-23(26)19(3)25(30(4,27)28)21-14-12-18(2)13-15-21/h6-7,9,11-15,19H,5,8,10,16-17H2,1-4H3,(H,24,26)/t19-/m1/s1. The van der Waals surface area contributed by atoms with Crippen LogP contribution in [0.3, 0.4) is 0 Å². The van der Waals surface area contributed by atoms with Crippen LogP contribution in [0.1, 0.15) is 37.8 Å². The van der Waals surface area contributed by atoms with Crippen LogP contribution in [0.2, 0.25) is 0 Å². The molecule has 0 unspecified atom stereocenters. The molecule has 0 radical (unpaired) electrons. The maximum absolute atomic E-state index is 12.6. The summed E-state index contributed by atoms with van der Waals surface area (Å²) in [6.07, 6.45) is 3.56. The van der Waals surface area contributed by atoms with Crippen LogP contribution >= 0.6 is 0 Å². The molecule has 0 saturated heterocycles. The van der Waals surface area contributed by atoms with Gasteiger partial charge >= 0.3 is 0 Å². The summed E-state index contributed by atoms with van der Waals surface area (Å²) in [6, 6.07) is 14.1. The van der Waals surface area contributed by atoms with Gasteiger partial charge in [-0.3, -0.25) is 9.10 Å². The molecular weight excluding hydrogens is 400 g/mol. The molecule has 0 heterocycles. The lowest BCUT2D eigenvalue weighted by Crippen LogP contribution is -2.48. The first-order valence-corrected chi connectivity index (χ1v) is 12.1. The molecule has 0 aliphatic heterocycles. The van der Waals surface area contributed by atoms with Crippen LogP contribution in [0.15, 0.2) is 48.5 Å². The third-order valence-corrected chi connectivity index (χ3v) is 5.98. The van der Waals surface area contributed by atoms with Gasteiger partial charge in [-0.1, -0.05) is 42.8 Å². The van der Waals surface area contributed by atoms with Gasteiger partial charge in [-0.15, -0.1) is 0 Å². The van der Waals surface area contributed by atoms with E-state index in [0.29, 0.717) is 18.8 Å². The SMILES string of the molecule is CCCOc1ccccc1CCCNC(=O)[C@@H](C)N(c1ccc(C)cc1)S(C)(=O)=O. The zero-order valence-electron chi connectivity index (χ0n) is 18.2. The number of carbonyl (C=O) groups excluding carboxylic acids is 1. The van der Waals surface area contributed by atoms with Crippen LogP contribution in [0.25, 0.3) is 0 Å². The van der Waals surface area contributed by atoms with Crippen LogP contribution in [0.5, 0.6) is 5.75 Å². The van der Waals surface area contributed by atoms with Gasteiger partial charge < -0.3 is 10.1 Å². The highest BCUT2D eigenvalue weighted by molar-refractivity contribution is 7.92. The van der Waals surface area contributed by atoms with Gasteiger partial charge in [-0.25, -0.2) is 8.42 Å². The number of anilines is 1. The van der Waals surface area contributed by atoms with Crippen molar-refractivity contribution < 1.29 is 17.9 Å². The van der Waals surface area contributed by atoms with Crippen molar-refractivity contribution in [3.8, 4) is 5.75 Å². The van der Waals surface area contributed by atoms with Gasteiger partial charge in [0.25, 0.3) is 0 Å². The van der Waals surface area contributed by atoms with E-state index in [1.807, 2.05) is 43.3 Å².